The normalized spacial score (nSPS) is 15.1. The number of amides is 1. The third-order valence-electron chi connectivity index (χ3n) is 3.52. The Hall–Kier alpha value is -1.71. The van der Waals surface area contributed by atoms with Gasteiger partial charge in [-0.05, 0) is 44.2 Å². The van der Waals surface area contributed by atoms with Gasteiger partial charge in [-0.25, -0.2) is 0 Å². The highest BCUT2D eigenvalue weighted by molar-refractivity contribution is 5.91. The van der Waals surface area contributed by atoms with Crippen LogP contribution >= 0.6 is 0 Å². The summed E-state index contributed by atoms with van der Waals surface area (Å²) in [6.07, 6.45) is 6.27. The summed E-state index contributed by atoms with van der Waals surface area (Å²) in [7, 11) is 1.63. The smallest absolute Gasteiger partial charge is 0.224 e. The zero-order valence-electron chi connectivity index (χ0n) is 12.3. The van der Waals surface area contributed by atoms with Gasteiger partial charge in [0.15, 0.2) is 11.5 Å². The summed E-state index contributed by atoms with van der Waals surface area (Å²) < 4.78 is 11.3. The second kappa shape index (κ2) is 7.17. The number of benzene rings is 1. The maximum absolute atomic E-state index is 11.6. The van der Waals surface area contributed by atoms with Gasteiger partial charge in [-0.1, -0.05) is 6.92 Å². The Bertz CT molecular complexity index is 453. The van der Waals surface area contributed by atoms with Crippen molar-refractivity contribution < 1.29 is 14.3 Å². The second-order valence-electron chi connectivity index (χ2n) is 5.19. The molecule has 0 saturated heterocycles. The number of ether oxygens (including phenoxy) is 2. The van der Waals surface area contributed by atoms with Crippen LogP contribution in [-0.4, -0.2) is 19.1 Å². The van der Waals surface area contributed by atoms with Crippen LogP contribution < -0.4 is 14.8 Å². The fourth-order valence-corrected chi connectivity index (χ4v) is 2.48. The molecule has 0 spiro atoms. The number of carbonyl (C=O) groups is 1. The van der Waals surface area contributed by atoms with Crippen molar-refractivity contribution in [2.45, 2.75) is 51.6 Å². The number of anilines is 1. The summed E-state index contributed by atoms with van der Waals surface area (Å²) in [5.41, 5.74) is 0.761. The van der Waals surface area contributed by atoms with E-state index in [0.717, 1.165) is 24.9 Å². The van der Waals surface area contributed by atoms with Crippen molar-refractivity contribution in [1.29, 1.82) is 0 Å². The van der Waals surface area contributed by atoms with Gasteiger partial charge in [-0.15, -0.1) is 0 Å². The van der Waals surface area contributed by atoms with Crippen LogP contribution in [0.4, 0.5) is 5.69 Å². The van der Waals surface area contributed by atoms with Gasteiger partial charge in [-0.3, -0.25) is 4.79 Å². The monoisotopic (exact) mass is 277 g/mol. The molecule has 4 heteroatoms. The fourth-order valence-electron chi connectivity index (χ4n) is 2.48. The Morgan fingerprint density at radius 2 is 2.05 bits per heavy atom. The summed E-state index contributed by atoms with van der Waals surface area (Å²) >= 11 is 0. The average molecular weight is 277 g/mol. The molecule has 20 heavy (non-hydrogen) atoms. The Kier molecular flexibility index (Phi) is 5.27. The first-order valence-electron chi connectivity index (χ1n) is 7.37. The number of hydrogen-bond acceptors (Lipinski definition) is 3. The molecule has 1 aliphatic rings. The zero-order chi connectivity index (χ0) is 14.4. The van der Waals surface area contributed by atoms with Crippen LogP contribution in [0.3, 0.4) is 0 Å². The number of hydrogen-bond donors (Lipinski definition) is 1. The minimum Gasteiger partial charge on any atom is -0.493 e. The summed E-state index contributed by atoms with van der Waals surface area (Å²) in [6, 6.07) is 5.53. The Morgan fingerprint density at radius 1 is 1.30 bits per heavy atom. The summed E-state index contributed by atoms with van der Waals surface area (Å²) in [5, 5.41) is 2.88. The first-order valence-corrected chi connectivity index (χ1v) is 7.37. The number of methoxy groups -OCH3 is 1. The van der Waals surface area contributed by atoms with Gasteiger partial charge in [0.2, 0.25) is 5.91 Å². The van der Waals surface area contributed by atoms with E-state index >= 15 is 0 Å². The lowest BCUT2D eigenvalue weighted by atomic mass is 10.2. The van der Waals surface area contributed by atoms with Crippen LogP contribution in [0.2, 0.25) is 0 Å². The van der Waals surface area contributed by atoms with Crippen molar-refractivity contribution in [2.75, 3.05) is 12.4 Å². The summed E-state index contributed by atoms with van der Waals surface area (Å²) in [4.78, 5) is 11.6. The Balaban J connectivity index is 2.08. The molecule has 0 radical (unpaired) electrons. The molecule has 1 amide bonds. The number of carbonyl (C=O) groups excluding carboxylic acids is 1. The van der Waals surface area contributed by atoms with Crippen molar-refractivity contribution >= 4 is 11.6 Å². The van der Waals surface area contributed by atoms with E-state index in [1.54, 1.807) is 7.11 Å². The van der Waals surface area contributed by atoms with E-state index in [1.165, 1.54) is 12.8 Å². The van der Waals surface area contributed by atoms with E-state index in [4.69, 9.17) is 9.47 Å². The second-order valence-corrected chi connectivity index (χ2v) is 5.19. The maximum atomic E-state index is 11.6. The first-order chi connectivity index (χ1) is 9.72. The molecule has 1 saturated carbocycles. The van der Waals surface area contributed by atoms with Crippen molar-refractivity contribution in [3.05, 3.63) is 18.2 Å². The SMILES string of the molecule is CCCC(=O)Nc1ccc(OC)c(OC2CCCC2)c1. The standard InChI is InChI=1S/C16H23NO3/c1-3-6-16(18)17-12-9-10-14(19-2)15(11-12)20-13-7-4-5-8-13/h9-11,13H,3-8H2,1-2H3,(H,17,18). The zero-order valence-corrected chi connectivity index (χ0v) is 12.3. The van der Waals surface area contributed by atoms with Gasteiger partial charge in [0, 0.05) is 18.2 Å². The molecule has 1 aromatic carbocycles. The summed E-state index contributed by atoms with van der Waals surface area (Å²) in [5.74, 6) is 1.46. The molecule has 1 aliphatic carbocycles. The van der Waals surface area contributed by atoms with Crippen LogP contribution in [0.1, 0.15) is 45.4 Å². The molecule has 0 heterocycles. The highest BCUT2D eigenvalue weighted by Gasteiger charge is 2.18. The molecular weight excluding hydrogens is 254 g/mol. The molecule has 110 valence electrons. The van der Waals surface area contributed by atoms with E-state index in [1.807, 2.05) is 25.1 Å². The Labute approximate surface area is 120 Å². The van der Waals surface area contributed by atoms with Gasteiger partial charge in [0.1, 0.15) is 0 Å². The van der Waals surface area contributed by atoms with Gasteiger partial charge in [0.25, 0.3) is 0 Å². The molecule has 1 N–H and O–H groups in total. The van der Waals surface area contributed by atoms with Gasteiger partial charge in [0.05, 0.1) is 13.2 Å². The van der Waals surface area contributed by atoms with Gasteiger partial charge < -0.3 is 14.8 Å². The lowest BCUT2D eigenvalue weighted by Gasteiger charge is -2.17. The molecule has 1 fully saturated rings. The van der Waals surface area contributed by atoms with Crippen LogP contribution in [-0.2, 0) is 4.79 Å². The van der Waals surface area contributed by atoms with E-state index < -0.39 is 0 Å². The van der Waals surface area contributed by atoms with Gasteiger partial charge >= 0.3 is 0 Å². The molecule has 2 rings (SSSR count). The average Bonchev–Trinajstić information content (AvgIpc) is 2.92. The quantitative estimate of drug-likeness (QED) is 0.861. The van der Waals surface area contributed by atoms with E-state index in [2.05, 4.69) is 5.32 Å². The van der Waals surface area contributed by atoms with Gasteiger partial charge in [-0.2, -0.15) is 0 Å². The topological polar surface area (TPSA) is 47.6 Å². The minimum absolute atomic E-state index is 0.0319. The lowest BCUT2D eigenvalue weighted by Crippen LogP contribution is -2.13. The van der Waals surface area contributed by atoms with Crippen molar-refractivity contribution in [1.82, 2.24) is 0 Å². The summed E-state index contributed by atoms with van der Waals surface area (Å²) in [6.45, 7) is 1.99. The highest BCUT2D eigenvalue weighted by Crippen LogP contribution is 2.33. The lowest BCUT2D eigenvalue weighted by molar-refractivity contribution is -0.116. The molecular formula is C16H23NO3. The van der Waals surface area contributed by atoms with Crippen LogP contribution in [0.25, 0.3) is 0 Å². The van der Waals surface area contributed by atoms with Crippen LogP contribution in [0, 0.1) is 0 Å². The van der Waals surface area contributed by atoms with Crippen molar-refractivity contribution in [3.63, 3.8) is 0 Å². The predicted molar refractivity (Wildman–Crippen MR) is 79.4 cm³/mol. The molecule has 0 aromatic heterocycles. The van der Waals surface area contributed by atoms with Crippen molar-refractivity contribution in [3.8, 4) is 11.5 Å². The third-order valence-corrected chi connectivity index (χ3v) is 3.52. The number of nitrogens with one attached hydrogen (secondary N) is 1. The minimum atomic E-state index is 0.0319. The fraction of sp³-hybridized carbons (Fsp3) is 0.562. The third kappa shape index (κ3) is 3.89. The molecule has 0 atom stereocenters. The molecule has 0 bridgehead atoms. The molecule has 0 unspecified atom stereocenters. The Morgan fingerprint density at radius 3 is 2.70 bits per heavy atom. The predicted octanol–water partition coefficient (Wildman–Crippen LogP) is 3.76. The van der Waals surface area contributed by atoms with E-state index in [9.17, 15) is 4.79 Å². The van der Waals surface area contributed by atoms with Crippen LogP contribution in [0.15, 0.2) is 18.2 Å². The maximum Gasteiger partial charge on any atom is 0.224 e. The molecule has 0 aliphatic heterocycles. The number of rotatable bonds is 6. The highest BCUT2D eigenvalue weighted by atomic mass is 16.5. The largest absolute Gasteiger partial charge is 0.493 e. The first kappa shape index (κ1) is 14.7. The van der Waals surface area contributed by atoms with E-state index in [-0.39, 0.29) is 12.0 Å². The molecule has 1 aromatic rings. The molecule has 4 nitrogen and oxygen atoms in total. The van der Waals surface area contributed by atoms with Crippen LogP contribution in [0.5, 0.6) is 11.5 Å². The van der Waals surface area contributed by atoms with E-state index in [0.29, 0.717) is 17.9 Å². The van der Waals surface area contributed by atoms with Crippen molar-refractivity contribution in [2.24, 2.45) is 0 Å².